The fraction of sp³-hybridized carbons (Fsp3) is 0.136. The van der Waals surface area contributed by atoms with Crippen LogP contribution < -0.4 is 4.74 Å². The van der Waals surface area contributed by atoms with Crippen LogP contribution >= 0.6 is 0 Å². The molecule has 1 heterocycles. The first-order valence-electron chi connectivity index (χ1n) is 9.26. The van der Waals surface area contributed by atoms with Gasteiger partial charge in [-0.1, -0.05) is 6.07 Å². The summed E-state index contributed by atoms with van der Waals surface area (Å²) in [4.78, 5) is 13.4. The Hall–Kier alpha value is -4.31. The summed E-state index contributed by atoms with van der Waals surface area (Å²) >= 11 is 0. The Morgan fingerprint density at radius 3 is 2.09 bits per heavy atom. The summed E-state index contributed by atoms with van der Waals surface area (Å²) in [5.74, 6) is -5.33. The molecule has 3 aromatic carbocycles. The monoisotopic (exact) mass is 442 g/mol. The number of carbonyl (C=O) groups excluding carboxylic acids is 1. The number of hydrogen-bond donors (Lipinski definition) is 8. The Balaban J connectivity index is 1.90. The summed E-state index contributed by atoms with van der Waals surface area (Å²) < 4.78 is 5.76. The standard InChI is InChI=1S/C22H18O10/c23-11-6-14(25)12-8-22(31,20(30)10-4-16(27)19(29)17(28)5-10)21(32-18(12)7-11)9-1-2-13(24)15(26)3-9/h1-7,21,23-29,31H,8H2/t21?,22-/m0/s1. The first-order chi connectivity index (χ1) is 15.0. The van der Waals surface area contributed by atoms with Crippen molar-refractivity contribution in [1.82, 2.24) is 0 Å². The van der Waals surface area contributed by atoms with Crippen molar-refractivity contribution in [2.45, 2.75) is 18.1 Å². The summed E-state index contributed by atoms with van der Waals surface area (Å²) in [6.45, 7) is 0. The summed E-state index contributed by atoms with van der Waals surface area (Å²) in [6, 6.07) is 7.32. The topological polar surface area (TPSA) is 188 Å². The smallest absolute Gasteiger partial charge is 0.200 e. The Kier molecular flexibility index (Phi) is 4.67. The molecule has 8 N–H and O–H groups in total. The quantitative estimate of drug-likeness (QED) is 0.220. The maximum Gasteiger partial charge on any atom is 0.200 e. The second-order valence-corrected chi connectivity index (χ2v) is 7.48. The van der Waals surface area contributed by atoms with Crippen molar-refractivity contribution >= 4 is 5.78 Å². The number of benzene rings is 3. The molecule has 0 saturated heterocycles. The number of fused-ring (bicyclic) bond motifs is 1. The minimum atomic E-state index is -2.44. The fourth-order valence-electron chi connectivity index (χ4n) is 3.72. The highest BCUT2D eigenvalue weighted by Gasteiger charge is 2.51. The molecule has 1 unspecified atom stereocenters. The number of carbonyl (C=O) groups is 1. The Bertz CT molecular complexity index is 1230. The molecule has 10 heteroatoms. The van der Waals surface area contributed by atoms with E-state index in [2.05, 4.69) is 0 Å². The number of phenolic OH excluding ortho intramolecular Hbond substituents is 7. The van der Waals surface area contributed by atoms with E-state index in [-0.39, 0.29) is 28.2 Å². The van der Waals surface area contributed by atoms with Crippen molar-refractivity contribution in [2.75, 3.05) is 0 Å². The Morgan fingerprint density at radius 2 is 1.47 bits per heavy atom. The molecule has 0 spiro atoms. The lowest BCUT2D eigenvalue weighted by atomic mass is 9.77. The van der Waals surface area contributed by atoms with Crippen molar-refractivity contribution in [3.8, 4) is 46.0 Å². The van der Waals surface area contributed by atoms with Gasteiger partial charge in [0.05, 0.1) is 0 Å². The predicted molar refractivity (Wildman–Crippen MR) is 107 cm³/mol. The molecule has 4 rings (SSSR count). The second-order valence-electron chi connectivity index (χ2n) is 7.48. The van der Waals surface area contributed by atoms with Crippen LogP contribution in [0.1, 0.15) is 27.6 Å². The summed E-state index contributed by atoms with van der Waals surface area (Å²) in [6.07, 6.45) is -2.02. The van der Waals surface area contributed by atoms with Crippen LogP contribution in [0, 0.1) is 0 Å². The molecule has 1 aliphatic heterocycles. The molecular formula is C22H18O10. The van der Waals surface area contributed by atoms with E-state index in [0.29, 0.717) is 0 Å². The molecule has 166 valence electrons. The molecule has 0 aliphatic carbocycles. The van der Waals surface area contributed by atoms with Crippen LogP contribution in [0.4, 0.5) is 0 Å². The number of aromatic hydroxyl groups is 7. The van der Waals surface area contributed by atoms with Crippen LogP contribution in [0.5, 0.6) is 46.0 Å². The van der Waals surface area contributed by atoms with E-state index in [1.807, 2.05) is 0 Å². The number of phenols is 7. The third-order valence-corrected chi connectivity index (χ3v) is 5.32. The normalized spacial score (nSPS) is 19.7. The fourth-order valence-corrected chi connectivity index (χ4v) is 3.72. The zero-order chi connectivity index (χ0) is 23.4. The zero-order valence-electron chi connectivity index (χ0n) is 16.2. The lowest BCUT2D eigenvalue weighted by molar-refractivity contribution is -0.0521. The predicted octanol–water partition coefficient (Wildman–Crippen LogP) is 1.92. The molecular weight excluding hydrogens is 424 g/mol. The number of ketones is 1. The van der Waals surface area contributed by atoms with Crippen LogP contribution in [-0.4, -0.2) is 52.2 Å². The molecule has 10 nitrogen and oxygen atoms in total. The minimum absolute atomic E-state index is 0.00474. The van der Waals surface area contributed by atoms with Crippen molar-refractivity contribution in [3.05, 3.63) is 59.2 Å². The zero-order valence-corrected chi connectivity index (χ0v) is 16.2. The van der Waals surface area contributed by atoms with E-state index >= 15 is 0 Å². The maximum atomic E-state index is 13.4. The third-order valence-electron chi connectivity index (χ3n) is 5.32. The van der Waals surface area contributed by atoms with Gasteiger partial charge in [0.1, 0.15) is 17.2 Å². The third kappa shape index (κ3) is 3.22. The molecule has 0 bridgehead atoms. The number of aliphatic hydroxyl groups is 1. The van der Waals surface area contributed by atoms with Gasteiger partial charge in [0.15, 0.2) is 46.2 Å². The SMILES string of the molecule is O=C(c1cc(O)c(O)c(O)c1)[C@@]1(O)Cc2c(O)cc(O)cc2OC1c1ccc(O)c(O)c1. The average molecular weight is 442 g/mol. The first kappa shape index (κ1) is 20.9. The molecule has 0 radical (unpaired) electrons. The number of ether oxygens (including phenoxy) is 1. The highest BCUT2D eigenvalue weighted by Crippen LogP contribution is 2.48. The van der Waals surface area contributed by atoms with E-state index in [1.165, 1.54) is 12.1 Å². The Morgan fingerprint density at radius 1 is 0.812 bits per heavy atom. The van der Waals surface area contributed by atoms with Gasteiger partial charge in [0.25, 0.3) is 0 Å². The summed E-state index contributed by atoms with van der Waals surface area (Å²) in [5, 5.41) is 80.2. The van der Waals surface area contributed by atoms with E-state index in [9.17, 15) is 45.6 Å². The molecule has 0 amide bonds. The number of rotatable bonds is 3. The van der Waals surface area contributed by atoms with Gasteiger partial charge < -0.3 is 45.6 Å². The lowest BCUT2D eigenvalue weighted by Gasteiger charge is -2.40. The van der Waals surface area contributed by atoms with E-state index in [0.717, 1.165) is 30.3 Å². The van der Waals surface area contributed by atoms with Gasteiger partial charge >= 0.3 is 0 Å². The molecule has 3 aromatic rings. The highest BCUT2D eigenvalue weighted by molar-refractivity contribution is 6.04. The van der Waals surface area contributed by atoms with Gasteiger partial charge in [-0.2, -0.15) is 0 Å². The highest BCUT2D eigenvalue weighted by atomic mass is 16.5. The second kappa shape index (κ2) is 7.13. The van der Waals surface area contributed by atoms with E-state index < -0.39 is 58.4 Å². The molecule has 2 atom stereocenters. The molecule has 0 saturated carbocycles. The average Bonchev–Trinajstić information content (AvgIpc) is 2.73. The summed E-state index contributed by atoms with van der Waals surface area (Å²) in [7, 11) is 0. The van der Waals surface area contributed by atoms with Crippen LogP contribution in [0.2, 0.25) is 0 Å². The van der Waals surface area contributed by atoms with E-state index in [4.69, 9.17) is 4.74 Å². The van der Waals surface area contributed by atoms with Gasteiger partial charge in [-0.15, -0.1) is 0 Å². The number of Topliss-reactive ketones (excluding diaryl/α,β-unsaturated/α-hetero) is 1. The van der Waals surface area contributed by atoms with Crippen LogP contribution in [0.25, 0.3) is 0 Å². The maximum absolute atomic E-state index is 13.4. The van der Waals surface area contributed by atoms with Gasteiger partial charge in [-0.3, -0.25) is 4.79 Å². The van der Waals surface area contributed by atoms with Crippen LogP contribution in [0.15, 0.2) is 42.5 Å². The summed E-state index contributed by atoms with van der Waals surface area (Å²) in [5.41, 5.74) is -2.75. The van der Waals surface area contributed by atoms with Gasteiger partial charge in [0.2, 0.25) is 0 Å². The van der Waals surface area contributed by atoms with Gasteiger partial charge in [-0.25, -0.2) is 0 Å². The Labute approximate surface area is 180 Å². The molecule has 0 aromatic heterocycles. The molecule has 0 fully saturated rings. The number of hydrogen-bond acceptors (Lipinski definition) is 10. The lowest BCUT2D eigenvalue weighted by Crippen LogP contribution is -2.51. The van der Waals surface area contributed by atoms with Gasteiger partial charge in [0, 0.05) is 29.7 Å². The molecule has 1 aliphatic rings. The van der Waals surface area contributed by atoms with Crippen LogP contribution in [-0.2, 0) is 6.42 Å². The first-order valence-corrected chi connectivity index (χ1v) is 9.26. The van der Waals surface area contributed by atoms with Crippen molar-refractivity contribution < 1.29 is 50.4 Å². The largest absolute Gasteiger partial charge is 0.508 e. The van der Waals surface area contributed by atoms with E-state index in [1.54, 1.807) is 0 Å². The van der Waals surface area contributed by atoms with Crippen LogP contribution in [0.3, 0.4) is 0 Å². The minimum Gasteiger partial charge on any atom is -0.508 e. The van der Waals surface area contributed by atoms with Crippen molar-refractivity contribution in [2.24, 2.45) is 0 Å². The van der Waals surface area contributed by atoms with Gasteiger partial charge in [-0.05, 0) is 29.8 Å². The van der Waals surface area contributed by atoms with Crippen molar-refractivity contribution in [3.63, 3.8) is 0 Å². The van der Waals surface area contributed by atoms with Crippen molar-refractivity contribution in [1.29, 1.82) is 0 Å². The molecule has 32 heavy (non-hydrogen) atoms.